The number of aryl methyl sites for hydroxylation is 1. The summed E-state index contributed by atoms with van der Waals surface area (Å²) in [4.78, 5) is 22.9. The third-order valence-corrected chi connectivity index (χ3v) is 4.90. The Morgan fingerprint density at radius 3 is 2.39 bits per heavy atom. The smallest absolute Gasteiger partial charge is 0.268 e. The zero-order valence-electron chi connectivity index (χ0n) is 19.2. The summed E-state index contributed by atoms with van der Waals surface area (Å²) in [6.45, 7) is 5.76. The molecule has 0 saturated carbocycles. The molecule has 4 aromatic rings. The van der Waals surface area contributed by atoms with Gasteiger partial charge in [-0.15, -0.1) is 10.2 Å². The molecule has 33 heavy (non-hydrogen) atoms. The third kappa shape index (κ3) is 4.74. The van der Waals surface area contributed by atoms with E-state index in [1.807, 2.05) is 57.2 Å². The molecule has 0 bridgehead atoms. The monoisotopic (exact) mass is 443 g/mol. The average Bonchev–Trinajstić information content (AvgIpc) is 3.29. The fourth-order valence-electron chi connectivity index (χ4n) is 3.26. The molecule has 0 aliphatic heterocycles. The van der Waals surface area contributed by atoms with Gasteiger partial charge < -0.3 is 14.1 Å². The summed E-state index contributed by atoms with van der Waals surface area (Å²) in [5.41, 5.74) is 3.96. The van der Waals surface area contributed by atoms with E-state index in [2.05, 4.69) is 15.2 Å². The molecule has 0 aliphatic carbocycles. The van der Waals surface area contributed by atoms with Gasteiger partial charge in [-0.05, 0) is 45.0 Å². The minimum atomic E-state index is -0.0580. The molecule has 168 valence electrons. The highest BCUT2D eigenvalue weighted by molar-refractivity contribution is 5.94. The molecular formula is C25H25N5O3. The highest BCUT2D eigenvalue weighted by Gasteiger charge is 2.19. The second-order valence-corrected chi connectivity index (χ2v) is 8.04. The van der Waals surface area contributed by atoms with Crippen LogP contribution < -0.4 is 4.74 Å². The Labute approximate surface area is 192 Å². The Kier molecular flexibility index (Phi) is 6.17. The van der Waals surface area contributed by atoms with Gasteiger partial charge in [0.1, 0.15) is 11.4 Å². The molecular weight excluding hydrogens is 418 g/mol. The number of para-hydroxylation sites is 1. The molecule has 0 spiro atoms. The van der Waals surface area contributed by atoms with Crippen LogP contribution in [-0.4, -0.2) is 51.2 Å². The molecule has 0 aliphatic rings. The van der Waals surface area contributed by atoms with E-state index in [-0.39, 0.29) is 17.9 Å². The zero-order chi connectivity index (χ0) is 23.5. The van der Waals surface area contributed by atoms with Crippen molar-refractivity contribution in [2.24, 2.45) is 0 Å². The predicted molar refractivity (Wildman–Crippen MR) is 125 cm³/mol. The van der Waals surface area contributed by atoms with Crippen molar-refractivity contribution in [2.75, 3.05) is 14.1 Å². The highest BCUT2D eigenvalue weighted by atomic mass is 16.5. The lowest BCUT2D eigenvalue weighted by Gasteiger charge is -2.11. The van der Waals surface area contributed by atoms with Gasteiger partial charge in [-0.2, -0.15) is 0 Å². The van der Waals surface area contributed by atoms with E-state index in [9.17, 15) is 4.79 Å². The van der Waals surface area contributed by atoms with E-state index in [0.717, 1.165) is 5.56 Å². The van der Waals surface area contributed by atoms with Crippen LogP contribution in [0.4, 0.5) is 0 Å². The van der Waals surface area contributed by atoms with Crippen LogP contribution in [0.15, 0.2) is 59.1 Å². The van der Waals surface area contributed by atoms with Crippen molar-refractivity contribution in [3.05, 3.63) is 66.0 Å². The van der Waals surface area contributed by atoms with Crippen LogP contribution in [-0.2, 0) is 0 Å². The van der Waals surface area contributed by atoms with Gasteiger partial charge in [0, 0.05) is 25.2 Å². The van der Waals surface area contributed by atoms with Gasteiger partial charge in [0.2, 0.25) is 0 Å². The number of amides is 1. The highest BCUT2D eigenvalue weighted by Crippen LogP contribution is 2.32. The summed E-state index contributed by atoms with van der Waals surface area (Å²) >= 11 is 0. The molecule has 0 radical (unpaired) electrons. The van der Waals surface area contributed by atoms with Gasteiger partial charge in [-0.1, -0.05) is 24.3 Å². The standard InChI is InChI=1S/C25H25N5O3/c1-15(2)32-21-9-7-6-8-19(21)23-28-29-24(33-23)22-16(3)26-14-20(27-22)17-10-12-18(13-11-17)25(31)30(4)5/h6-15H,1-5H3. The average molecular weight is 444 g/mol. The Hall–Kier alpha value is -4.07. The quantitative estimate of drug-likeness (QED) is 0.428. The minimum absolute atomic E-state index is 0.0118. The summed E-state index contributed by atoms with van der Waals surface area (Å²) in [6.07, 6.45) is 1.70. The lowest BCUT2D eigenvalue weighted by molar-refractivity contribution is 0.0827. The van der Waals surface area contributed by atoms with Crippen molar-refractivity contribution in [2.45, 2.75) is 26.9 Å². The van der Waals surface area contributed by atoms with Gasteiger partial charge in [0.25, 0.3) is 17.7 Å². The number of carbonyl (C=O) groups is 1. The van der Waals surface area contributed by atoms with Crippen LogP contribution in [0.5, 0.6) is 5.75 Å². The molecule has 2 aromatic heterocycles. The fourth-order valence-corrected chi connectivity index (χ4v) is 3.26. The number of hydrogen-bond donors (Lipinski definition) is 0. The van der Waals surface area contributed by atoms with Crippen molar-refractivity contribution >= 4 is 5.91 Å². The Morgan fingerprint density at radius 1 is 1.00 bits per heavy atom. The number of aromatic nitrogens is 4. The van der Waals surface area contributed by atoms with Gasteiger partial charge in [0.15, 0.2) is 0 Å². The number of nitrogens with zero attached hydrogens (tertiary/aromatic N) is 5. The van der Waals surface area contributed by atoms with Crippen molar-refractivity contribution in [1.29, 1.82) is 0 Å². The summed E-state index contributed by atoms with van der Waals surface area (Å²) in [7, 11) is 3.44. The van der Waals surface area contributed by atoms with E-state index >= 15 is 0 Å². The number of ether oxygens (including phenoxy) is 1. The molecule has 2 aromatic carbocycles. The Balaban J connectivity index is 1.66. The molecule has 0 fully saturated rings. The first-order valence-electron chi connectivity index (χ1n) is 10.6. The number of carbonyl (C=O) groups excluding carboxylic acids is 1. The topological polar surface area (TPSA) is 94.2 Å². The van der Waals surface area contributed by atoms with Crippen LogP contribution in [0.2, 0.25) is 0 Å². The lowest BCUT2D eigenvalue weighted by Crippen LogP contribution is -2.21. The minimum Gasteiger partial charge on any atom is -0.490 e. The Morgan fingerprint density at radius 2 is 1.70 bits per heavy atom. The van der Waals surface area contributed by atoms with Gasteiger partial charge in [0.05, 0.1) is 29.3 Å². The lowest BCUT2D eigenvalue weighted by atomic mass is 10.1. The number of rotatable bonds is 6. The van der Waals surface area contributed by atoms with Crippen LogP contribution in [0.3, 0.4) is 0 Å². The first-order chi connectivity index (χ1) is 15.8. The molecule has 0 saturated heterocycles. The van der Waals surface area contributed by atoms with E-state index in [1.165, 1.54) is 4.90 Å². The molecule has 1 amide bonds. The molecule has 8 heteroatoms. The van der Waals surface area contributed by atoms with Gasteiger partial charge in [-0.25, -0.2) is 4.98 Å². The molecule has 0 atom stereocenters. The van der Waals surface area contributed by atoms with Crippen molar-refractivity contribution in [3.8, 4) is 40.0 Å². The maximum Gasteiger partial charge on any atom is 0.268 e. The maximum atomic E-state index is 12.1. The predicted octanol–water partition coefficient (Wildman–Crippen LogP) is 4.66. The van der Waals surface area contributed by atoms with E-state index in [1.54, 1.807) is 32.4 Å². The number of benzene rings is 2. The van der Waals surface area contributed by atoms with Crippen molar-refractivity contribution in [3.63, 3.8) is 0 Å². The fraction of sp³-hybridized carbons (Fsp3) is 0.240. The number of hydrogen-bond acceptors (Lipinski definition) is 7. The van der Waals surface area contributed by atoms with Gasteiger partial charge >= 0.3 is 0 Å². The summed E-state index contributed by atoms with van der Waals surface area (Å²) in [5.74, 6) is 1.24. The first-order valence-corrected chi connectivity index (χ1v) is 10.6. The van der Waals surface area contributed by atoms with E-state index in [0.29, 0.717) is 39.8 Å². The Bertz CT molecular complexity index is 1280. The molecule has 0 unspecified atom stereocenters. The second kappa shape index (κ2) is 9.20. The molecule has 2 heterocycles. The normalized spacial score (nSPS) is 11.0. The van der Waals surface area contributed by atoms with Crippen LogP contribution >= 0.6 is 0 Å². The van der Waals surface area contributed by atoms with Crippen LogP contribution in [0.1, 0.15) is 29.9 Å². The van der Waals surface area contributed by atoms with Crippen molar-refractivity contribution < 1.29 is 13.9 Å². The summed E-state index contributed by atoms with van der Waals surface area (Å²) in [5, 5.41) is 8.43. The molecule has 0 N–H and O–H groups in total. The zero-order valence-corrected chi connectivity index (χ0v) is 19.2. The summed E-state index contributed by atoms with van der Waals surface area (Å²) < 4.78 is 11.8. The van der Waals surface area contributed by atoms with E-state index < -0.39 is 0 Å². The second-order valence-electron chi connectivity index (χ2n) is 8.04. The van der Waals surface area contributed by atoms with Crippen LogP contribution in [0.25, 0.3) is 34.3 Å². The first kappa shape index (κ1) is 22.1. The largest absolute Gasteiger partial charge is 0.490 e. The molecule has 8 nitrogen and oxygen atoms in total. The third-order valence-electron chi connectivity index (χ3n) is 4.90. The van der Waals surface area contributed by atoms with E-state index in [4.69, 9.17) is 14.1 Å². The van der Waals surface area contributed by atoms with Crippen LogP contribution in [0, 0.1) is 6.92 Å². The summed E-state index contributed by atoms with van der Waals surface area (Å²) in [6, 6.07) is 14.8. The van der Waals surface area contributed by atoms with Gasteiger partial charge in [-0.3, -0.25) is 9.78 Å². The van der Waals surface area contributed by atoms with Crippen molar-refractivity contribution in [1.82, 2.24) is 25.1 Å². The maximum absolute atomic E-state index is 12.1. The molecule has 4 rings (SSSR count). The SMILES string of the molecule is Cc1ncc(-c2ccc(C(=O)N(C)C)cc2)nc1-c1nnc(-c2ccccc2OC(C)C)o1.